The maximum atomic E-state index is 12.8. The minimum absolute atomic E-state index is 0.138. The van der Waals surface area contributed by atoms with E-state index in [2.05, 4.69) is 5.32 Å². The summed E-state index contributed by atoms with van der Waals surface area (Å²) in [5.74, 6) is 0.810. The van der Waals surface area contributed by atoms with Crippen molar-refractivity contribution in [2.45, 2.75) is 13.0 Å². The van der Waals surface area contributed by atoms with Crippen LogP contribution in [-0.2, 0) is 0 Å². The Morgan fingerprint density at radius 3 is 2.41 bits per heavy atom. The number of carbonyl (C=O) groups excluding carboxylic acids is 1. The zero-order valence-electron chi connectivity index (χ0n) is 16.0. The van der Waals surface area contributed by atoms with Crippen molar-refractivity contribution in [3.8, 4) is 11.5 Å². The lowest BCUT2D eigenvalue weighted by Gasteiger charge is -2.21. The van der Waals surface area contributed by atoms with Gasteiger partial charge in [0.2, 0.25) is 0 Å². The molecule has 144 valence electrons. The van der Waals surface area contributed by atoms with Crippen LogP contribution in [0.1, 0.15) is 28.9 Å². The first-order valence-electron chi connectivity index (χ1n) is 8.27. The molecule has 0 saturated heterocycles. The number of ether oxygens (including phenoxy) is 2. The van der Waals surface area contributed by atoms with Crippen LogP contribution < -0.4 is 19.7 Å². The molecule has 0 aromatic heterocycles. The van der Waals surface area contributed by atoms with E-state index in [0.29, 0.717) is 17.2 Å². The SMILES string of the molecule is COc1ccc(C(C)NC(=O)c2cc([N+](=O)[O-])ccc2N(C)C)c(OC)c1. The van der Waals surface area contributed by atoms with E-state index in [9.17, 15) is 14.9 Å². The van der Waals surface area contributed by atoms with Crippen LogP contribution in [0.25, 0.3) is 0 Å². The van der Waals surface area contributed by atoms with Crippen LogP contribution in [0.15, 0.2) is 36.4 Å². The highest BCUT2D eigenvalue weighted by atomic mass is 16.6. The Bertz CT molecular complexity index is 851. The first kappa shape index (κ1) is 20.0. The number of methoxy groups -OCH3 is 2. The number of nitrogens with zero attached hydrogens (tertiary/aromatic N) is 2. The van der Waals surface area contributed by atoms with Crippen LogP contribution in [0, 0.1) is 10.1 Å². The minimum Gasteiger partial charge on any atom is -0.497 e. The molecule has 0 aliphatic heterocycles. The summed E-state index contributed by atoms with van der Waals surface area (Å²) in [6.45, 7) is 1.81. The average molecular weight is 373 g/mol. The molecule has 2 rings (SSSR count). The van der Waals surface area contributed by atoms with Crippen LogP contribution in [-0.4, -0.2) is 39.1 Å². The minimum atomic E-state index is -0.522. The standard InChI is InChI=1S/C19H23N3O5/c1-12(15-8-7-14(26-4)11-18(15)27-5)20-19(23)16-10-13(22(24)25)6-9-17(16)21(2)3/h6-12H,1-5H3,(H,20,23). The zero-order chi connectivity index (χ0) is 20.1. The highest BCUT2D eigenvalue weighted by Gasteiger charge is 2.21. The molecule has 0 bridgehead atoms. The fourth-order valence-corrected chi connectivity index (χ4v) is 2.74. The zero-order valence-corrected chi connectivity index (χ0v) is 16.0. The number of rotatable bonds is 7. The fourth-order valence-electron chi connectivity index (χ4n) is 2.74. The summed E-state index contributed by atoms with van der Waals surface area (Å²) < 4.78 is 10.6. The van der Waals surface area contributed by atoms with E-state index in [1.807, 2.05) is 13.0 Å². The lowest BCUT2D eigenvalue weighted by molar-refractivity contribution is -0.384. The summed E-state index contributed by atoms with van der Waals surface area (Å²) >= 11 is 0. The largest absolute Gasteiger partial charge is 0.497 e. The van der Waals surface area contributed by atoms with Gasteiger partial charge in [0.25, 0.3) is 11.6 Å². The molecular formula is C19H23N3O5. The summed E-state index contributed by atoms with van der Waals surface area (Å²) in [6, 6.07) is 9.15. The summed E-state index contributed by atoms with van der Waals surface area (Å²) in [4.78, 5) is 25.1. The molecule has 1 unspecified atom stereocenters. The van der Waals surface area contributed by atoms with E-state index in [1.165, 1.54) is 19.2 Å². The van der Waals surface area contributed by atoms with Crippen LogP contribution >= 0.6 is 0 Å². The molecule has 8 heteroatoms. The summed E-state index contributed by atoms with van der Waals surface area (Å²) in [5, 5.41) is 14.0. The van der Waals surface area contributed by atoms with Gasteiger partial charge in [0.05, 0.1) is 30.7 Å². The number of hydrogen-bond acceptors (Lipinski definition) is 6. The highest BCUT2D eigenvalue weighted by Crippen LogP contribution is 2.30. The first-order chi connectivity index (χ1) is 12.8. The van der Waals surface area contributed by atoms with Crippen LogP contribution in [0.2, 0.25) is 0 Å². The molecule has 1 amide bonds. The predicted octanol–water partition coefficient (Wildman–Crippen LogP) is 3.17. The molecule has 2 aromatic rings. The van der Waals surface area contributed by atoms with Gasteiger partial charge in [-0.05, 0) is 25.1 Å². The van der Waals surface area contributed by atoms with Gasteiger partial charge in [-0.2, -0.15) is 0 Å². The molecule has 1 atom stereocenters. The molecule has 0 radical (unpaired) electrons. The normalized spacial score (nSPS) is 11.4. The third-order valence-corrected chi connectivity index (χ3v) is 4.17. The van der Waals surface area contributed by atoms with E-state index in [4.69, 9.17) is 9.47 Å². The quantitative estimate of drug-likeness (QED) is 0.592. The van der Waals surface area contributed by atoms with Crippen LogP contribution in [0.3, 0.4) is 0 Å². The molecule has 2 aromatic carbocycles. The predicted molar refractivity (Wildman–Crippen MR) is 103 cm³/mol. The van der Waals surface area contributed by atoms with Gasteiger partial charge >= 0.3 is 0 Å². The number of nitro groups is 1. The number of amides is 1. The number of nitro benzene ring substituents is 1. The number of hydrogen-bond donors (Lipinski definition) is 1. The number of nitrogens with one attached hydrogen (secondary N) is 1. The second-order valence-electron chi connectivity index (χ2n) is 6.16. The molecule has 8 nitrogen and oxygen atoms in total. The van der Waals surface area contributed by atoms with Crippen LogP contribution in [0.5, 0.6) is 11.5 Å². The van der Waals surface area contributed by atoms with Crippen molar-refractivity contribution < 1.29 is 19.2 Å². The van der Waals surface area contributed by atoms with Crippen LogP contribution in [0.4, 0.5) is 11.4 Å². The number of carbonyl (C=O) groups is 1. The summed E-state index contributed by atoms with van der Waals surface area (Å²) in [7, 11) is 6.64. The van der Waals surface area contributed by atoms with Gasteiger partial charge < -0.3 is 19.7 Å². The van der Waals surface area contributed by atoms with E-state index in [0.717, 1.165) is 5.56 Å². The Morgan fingerprint density at radius 2 is 1.85 bits per heavy atom. The van der Waals surface area contributed by atoms with Gasteiger partial charge in [-0.25, -0.2) is 0 Å². The van der Waals surface area contributed by atoms with Crippen molar-refractivity contribution in [1.82, 2.24) is 5.32 Å². The topological polar surface area (TPSA) is 93.9 Å². The summed E-state index contributed by atoms with van der Waals surface area (Å²) in [5.41, 5.74) is 1.45. The van der Waals surface area contributed by atoms with E-state index in [1.54, 1.807) is 44.3 Å². The Hall–Kier alpha value is -3.29. The molecule has 0 aliphatic rings. The second-order valence-corrected chi connectivity index (χ2v) is 6.16. The molecule has 1 N–H and O–H groups in total. The van der Waals surface area contributed by atoms with Crippen molar-refractivity contribution in [2.24, 2.45) is 0 Å². The van der Waals surface area contributed by atoms with E-state index < -0.39 is 10.8 Å². The monoisotopic (exact) mass is 373 g/mol. The molecule has 0 saturated carbocycles. The van der Waals surface area contributed by atoms with Gasteiger partial charge in [-0.1, -0.05) is 0 Å². The number of anilines is 1. The van der Waals surface area contributed by atoms with Crippen molar-refractivity contribution in [3.05, 3.63) is 57.6 Å². The van der Waals surface area contributed by atoms with Crippen molar-refractivity contribution in [2.75, 3.05) is 33.2 Å². The smallest absolute Gasteiger partial charge is 0.270 e. The van der Waals surface area contributed by atoms with Crippen molar-refractivity contribution in [3.63, 3.8) is 0 Å². The molecule has 27 heavy (non-hydrogen) atoms. The maximum Gasteiger partial charge on any atom is 0.270 e. The average Bonchev–Trinajstić information content (AvgIpc) is 2.66. The molecular weight excluding hydrogens is 350 g/mol. The van der Waals surface area contributed by atoms with E-state index in [-0.39, 0.29) is 17.3 Å². The van der Waals surface area contributed by atoms with E-state index >= 15 is 0 Å². The van der Waals surface area contributed by atoms with Crippen molar-refractivity contribution in [1.29, 1.82) is 0 Å². The Morgan fingerprint density at radius 1 is 1.15 bits per heavy atom. The number of benzene rings is 2. The van der Waals surface area contributed by atoms with Gasteiger partial charge in [0.1, 0.15) is 11.5 Å². The lowest BCUT2D eigenvalue weighted by Crippen LogP contribution is -2.28. The Balaban J connectivity index is 2.34. The molecule has 0 aliphatic carbocycles. The van der Waals surface area contributed by atoms with Crippen molar-refractivity contribution >= 4 is 17.3 Å². The number of non-ortho nitro benzene ring substituents is 1. The van der Waals surface area contributed by atoms with Gasteiger partial charge in [0.15, 0.2) is 0 Å². The Kier molecular flexibility index (Phi) is 6.23. The van der Waals surface area contributed by atoms with Gasteiger partial charge in [-0.15, -0.1) is 0 Å². The third-order valence-electron chi connectivity index (χ3n) is 4.17. The molecule has 0 spiro atoms. The van der Waals surface area contributed by atoms with Gasteiger partial charge in [-0.3, -0.25) is 14.9 Å². The maximum absolute atomic E-state index is 12.8. The molecule has 0 fully saturated rings. The highest BCUT2D eigenvalue weighted by molar-refractivity contribution is 6.00. The second kappa shape index (κ2) is 8.39. The Labute approximate surface area is 157 Å². The summed E-state index contributed by atoms with van der Waals surface area (Å²) in [6.07, 6.45) is 0. The first-order valence-corrected chi connectivity index (χ1v) is 8.27. The fraction of sp³-hybridized carbons (Fsp3) is 0.316. The molecule has 0 heterocycles. The van der Waals surface area contributed by atoms with Gasteiger partial charge in [0, 0.05) is 43.5 Å². The lowest BCUT2D eigenvalue weighted by atomic mass is 10.1. The third kappa shape index (κ3) is 4.46.